The number of nitrogens with one attached hydrogen (secondary N) is 1. The minimum absolute atomic E-state index is 0.00303. The number of carboxylic acid groups (broad SMARTS) is 1. The van der Waals surface area contributed by atoms with Gasteiger partial charge in [0.05, 0.1) is 6.54 Å². The first kappa shape index (κ1) is 11.7. The summed E-state index contributed by atoms with van der Waals surface area (Å²) in [7, 11) is 0. The van der Waals surface area contributed by atoms with E-state index in [1.165, 1.54) is 6.07 Å². The summed E-state index contributed by atoms with van der Waals surface area (Å²) in [6.07, 6.45) is 0.900. The second-order valence-corrected chi connectivity index (χ2v) is 5.03. The number of carbonyl (C=O) groups is 2. The van der Waals surface area contributed by atoms with Crippen LogP contribution in [0.2, 0.25) is 0 Å². The zero-order chi connectivity index (χ0) is 12.6. The number of carboxylic acids is 1. The summed E-state index contributed by atoms with van der Waals surface area (Å²) in [5, 5.41) is 11.4. The van der Waals surface area contributed by atoms with Crippen LogP contribution in [0, 0.1) is 11.3 Å². The third-order valence-corrected chi connectivity index (χ3v) is 3.14. The molecular weight excluding hydrogens is 222 g/mol. The number of hydrogen-bond acceptors (Lipinski definition) is 3. The molecule has 0 aromatic carbocycles. The number of furan rings is 1. The number of aromatic carboxylic acids is 1. The van der Waals surface area contributed by atoms with Gasteiger partial charge in [-0.15, -0.1) is 0 Å². The van der Waals surface area contributed by atoms with Gasteiger partial charge in [-0.1, -0.05) is 13.8 Å². The summed E-state index contributed by atoms with van der Waals surface area (Å²) < 4.78 is 5.03. The Balaban J connectivity index is 1.86. The van der Waals surface area contributed by atoms with Crippen molar-refractivity contribution in [2.75, 3.05) is 0 Å². The topological polar surface area (TPSA) is 79.5 Å². The van der Waals surface area contributed by atoms with Gasteiger partial charge < -0.3 is 14.8 Å². The molecule has 5 heteroatoms. The van der Waals surface area contributed by atoms with Crippen molar-refractivity contribution in [2.45, 2.75) is 26.8 Å². The Bertz CT molecular complexity index is 461. The fourth-order valence-electron chi connectivity index (χ4n) is 1.80. The summed E-state index contributed by atoms with van der Waals surface area (Å²) in [5.74, 6) is -0.694. The quantitative estimate of drug-likeness (QED) is 0.834. The maximum absolute atomic E-state index is 11.7. The molecular formula is C12H15NO4. The molecule has 1 heterocycles. The van der Waals surface area contributed by atoms with E-state index in [1.54, 1.807) is 6.07 Å². The van der Waals surface area contributed by atoms with Crippen molar-refractivity contribution in [3.05, 3.63) is 23.7 Å². The molecule has 0 saturated heterocycles. The minimum Gasteiger partial charge on any atom is -0.475 e. The van der Waals surface area contributed by atoms with Crippen molar-refractivity contribution in [3.8, 4) is 0 Å². The van der Waals surface area contributed by atoms with Crippen LogP contribution in [0.1, 0.15) is 36.6 Å². The first-order chi connectivity index (χ1) is 7.90. The molecule has 1 aliphatic carbocycles. The third kappa shape index (κ3) is 2.49. The fourth-order valence-corrected chi connectivity index (χ4v) is 1.80. The molecule has 92 valence electrons. The molecule has 1 aliphatic rings. The van der Waals surface area contributed by atoms with Crippen molar-refractivity contribution in [3.63, 3.8) is 0 Å². The standard InChI is InChI=1S/C12H15NO4/c1-12(2)5-8(12)10(14)13-6-7-3-4-9(17-7)11(15)16/h3-4,8H,5-6H2,1-2H3,(H,13,14)(H,15,16)/t8-/m1/s1. The molecule has 1 saturated carbocycles. The van der Waals surface area contributed by atoms with Crippen LogP contribution in [0.4, 0.5) is 0 Å². The molecule has 1 atom stereocenters. The molecule has 1 fully saturated rings. The van der Waals surface area contributed by atoms with Gasteiger partial charge in [0.2, 0.25) is 11.7 Å². The smallest absolute Gasteiger partial charge is 0.371 e. The van der Waals surface area contributed by atoms with E-state index in [-0.39, 0.29) is 29.5 Å². The average molecular weight is 237 g/mol. The fraction of sp³-hybridized carbons (Fsp3) is 0.500. The van der Waals surface area contributed by atoms with Crippen LogP contribution < -0.4 is 5.32 Å². The van der Waals surface area contributed by atoms with Gasteiger partial charge in [0.25, 0.3) is 0 Å². The SMILES string of the molecule is CC1(C)C[C@@H]1C(=O)NCc1ccc(C(=O)O)o1. The molecule has 5 nitrogen and oxygen atoms in total. The predicted molar refractivity (Wildman–Crippen MR) is 59.4 cm³/mol. The van der Waals surface area contributed by atoms with Crippen molar-refractivity contribution < 1.29 is 19.1 Å². The monoisotopic (exact) mass is 237 g/mol. The predicted octanol–water partition coefficient (Wildman–Crippen LogP) is 1.64. The molecule has 0 radical (unpaired) electrons. The van der Waals surface area contributed by atoms with Gasteiger partial charge in [-0.25, -0.2) is 4.79 Å². The van der Waals surface area contributed by atoms with Crippen molar-refractivity contribution in [1.82, 2.24) is 5.32 Å². The molecule has 1 aromatic heterocycles. The number of carbonyl (C=O) groups excluding carboxylic acids is 1. The zero-order valence-electron chi connectivity index (χ0n) is 9.82. The highest BCUT2D eigenvalue weighted by atomic mass is 16.4. The van der Waals surface area contributed by atoms with Crippen molar-refractivity contribution in [2.24, 2.45) is 11.3 Å². The molecule has 0 bridgehead atoms. The van der Waals surface area contributed by atoms with E-state index in [1.807, 2.05) is 13.8 Å². The summed E-state index contributed by atoms with van der Waals surface area (Å²) in [5.41, 5.74) is 0.0967. The Morgan fingerprint density at radius 1 is 1.53 bits per heavy atom. The van der Waals surface area contributed by atoms with Crippen LogP contribution in [0.15, 0.2) is 16.5 Å². The highest BCUT2D eigenvalue weighted by molar-refractivity contribution is 5.84. The Morgan fingerprint density at radius 3 is 2.65 bits per heavy atom. The number of hydrogen-bond donors (Lipinski definition) is 2. The molecule has 2 rings (SSSR count). The van der Waals surface area contributed by atoms with Gasteiger partial charge in [0, 0.05) is 5.92 Å². The van der Waals surface area contributed by atoms with Crippen LogP contribution >= 0.6 is 0 Å². The first-order valence-electron chi connectivity index (χ1n) is 5.50. The van der Waals surface area contributed by atoms with Gasteiger partial charge in [-0.2, -0.15) is 0 Å². The van der Waals surface area contributed by atoms with E-state index in [4.69, 9.17) is 9.52 Å². The zero-order valence-corrected chi connectivity index (χ0v) is 9.82. The van der Waals surface area contributed by atoms with Gasteiger partial charge >= 0.3 is 5.97 Å². The van der Waals surface area contributed by atoms with Crippen LogP contribution in [0.5, 0.6) is 0 Å². The summed E-state index contributed by atoms with van der Waals surface area (Å²) in [6.45, 7) is 4.33. The lowest BCUT2D eigenvalue weighted by molar-refractivity contribution is -0.123. The summed E-state index contributed by atoms with van der Waals surface area (Å²) in [4.78, 5) is 22.2. The lowest BCUT2D eigenvalue weighted by Crippen LogP contribution is -2.25. The molecule has 0 spiro atoms. The van der Waals surface area contributed by atoms with Crippen LogP contribution in [-0.4, -0.2) is 17.0 Å². The lowest BCUT2D eigenvalue weighted by atomic mass is 10.1. The van der Waals surface area contributed by atoms with E-state index < -0.39 is 5.97 Å². The van der Waals surface area contributed by atoms with Crippen molar-refractivity contribution in [1.29, 1.82) is 0 Å². The van der Waals surface area contributed by atoms with Crippen molar-refractivity contribution >= 4 is 11.9 Å². The maximum atomic E-state index is 11.7. The average Bonchev–Trinajstić information content (AvgIpc) is 2.71. The molecule has 1 aromatic rings. The Labute approximate surface area is 98.8 Å². The Morgan fingerprint density at radius 2 is 2.18 bits per heavy atom. The first-order valence-corrected chi connectivity index (χ1v) is 5.50. The molecule has 2 N–H and O–H groups in total. The van der Waals surface area contributed by atoms with E-state index in [2.05, 4.69) is 5.32 Å². The number of amides is 1. The summed E-state index contributed by atoms with van der Waals surface area (Å²) >= 11 is 0. The molecule has 0 unspecified atom stereocenters. The third-order valence-electron chi connectivity index (χ3n) is 3.14. The summed E-state index contributed by atoms with van der Waals surface area (Å²) in [6, 6.07) is 2.94. The van der Waals surface area contributed by atoms with Gasteiger partial charge in [0.1, 0.15) is 5.76 Å². The van der Waals surface area contributed by atoms with Crippen LogP contribution in [-0.2, 0) is 11.3 Å². The van der Waals surface area contributed by atoms with Gasteiger partial charge in [0.15, 0.2) is 0 Å². The second kappa shape index (κ2) is 3.91. The van der Waals surface area contributed by atoms with Gasteiger partial charge in [-0.05, 0) is 24.0 Å². The van der Waals surface area contributed by atoms with Gasteiger partial charge in [-0.3, -0.25) is 4.79 Å². The van der Waals surface area contributed by atoms with E-state index in [0.29, 0.717) is 5.76 Å². The second-order valence-electron chi connectivity index (χ2n) is 5.03. The van der Waals surface area contributed by atoms with Crippen LogP contribution in [0.3, 0.4) is 0 Å². The molecule has 1 amide bonds. The highest BCUT2D eigenvalue weighted by Crippen LogP contribution is 2.51. The Kier molecular flexibility index (Phi) is 2.69. The largest absolute Gasteiger partial charge is 0.475 e. The number of rotatable bonds is 4. The maximum Gasteiger partial charge on any atom is 0.371 e. The van der Waals surface area contributed by atoms with Crippen LogP contribution in [0.25, 0.3) is 0 Å². The highest BCUT2D eigenvalue weighted by Gasteiger charge is 2.50. The lowest BCUT2D eigenvalue weighted by Gasteiger charge is -2.04. The van der Waals surface area contributed by atoms with E-state index in [0.717, 1.165) is 6.42 Å². The minimum atomic E-state index is -1.11. The Hall–Kier alpha value is -1.78. The van der Waals surface area contributed by atoms with E-state index >= 15 is 0 Å². The molecule has 0 aliphatic heterocycles. The molecule has 17 heavy (non-hydrogen) atoms. The van der Waals surface area contributed by atoms with E-state index in [9.17, 15) is 9.59 Å². The normalized spacial score (nSPS) is 20.9.